The van der Waals surface area contributed by atoms with Gasteiger partial charge in [0.1, 0.15) is 17.3 Å². The zero-order chi connectivity index (χ0) is 29.0. The lowest BCUT2D eigenvalue weighted by Crippen LogP contribution is -2.47. The van der Waals surface area contributed by atoms with Crippen LogP contribution >= 0.6 is 0 Å². The van der Waals surface area contributed by atoms with Gasteiger partial charge in [-0.1, -0.05) is 30.3 Å². The van der Waals surface area contributed by atoms with Crippen molar-refractivity contribution in [2.45, 2.75) is 25.6 Å². The molecule has 1 aliphatic rings. The molecule has 2 unspecified atom stereocenters. The van der Waals surface area contributed by atoms with Crippen LogP contribution in [0, 0.1) is 5.82 Å². The summed E-state index contributed by atoms with van der Waals surface area (Å²) in [6.45, 7) is 3.52. The molecule has 1 N–H and O–H groups in total. The number of halogens is 4. The molecule has 214 valence electrons. The number of anilines is 3. The van der Waals surface area contributed by atoms with Crippen molar-refractivity contribution in [3.8, 4) is 0 Å². The lowest BCUT2D eigenvalue weighted by atomic mass is 9.99. The van der Waals surface area contributed by atoms with Gasteiger partial charge in [0.25, 0.3) is 0 Å². The van der Waals surface area contributed by atoms with E-state index in [1.165, 1.54) is 25.2 Å². The molecular weight excluding hydrogens is 550 g/mol. The Kier molecular flexibility index (Phi) is 8.94. The van der Waals surface area contributed by atoms with Gasteiger partial charge in [0.2, 0.25) is 5.91 Å². The fraction of sp³-hybridized carbons (Fsp3) is 0.333. The van der Waals surface area contributed by atoms with Crippen molar-refractivity contribution < 1.29 is 31.1 Å². The molecule has 0 radical (unpaired) electrons. The number of alkyl halides is 3. The maximum absolute atomic E-state index is 14.5. The Hall–Kier alpha value is -3.71. The molecule has 0 spiro atoms. The normalized spacial score (nSPS) is 15.5. The van der Waals surface area contributed by atoms with Crippen molar-refractivity contribution >= 4 is 34.4 Å². The molecule has 40 heavy (non-hydrogen) atoms. The maximum Gasteiger partial charge on any atom is 0.433 e. The van der Waals surface area contributed by atoms with Crippen molar-refractivity contribution in [1.82, 2.24) is 10.3 Å². The van der Waals surface area contributed by atoms with Crippen molar-refractivity contribution in [2.24, 2.45) is 0 Å². The fourth-order valence-corrected chi connectivity index (χ4v) is 4.79. The third-order valence-corrected chi connectivity index (χ3v) is 7.47. The molecule has 0 aliphatic carbocycles. The zero-order valence-corrected chi connectivity index (χ0v) is 22.6. The predicted octanol–water partition coefficient (Wildman–Crippen LogP) is 4.22. The quantitative estimate of drug-likeness (QED) is 0.318. The Morgan fingerprint density at radius 2 is 1.73 bits per heavy atom. The average Bonchev–Trinajstić information content (AvgIpc) is 2.95. The van der Waals surface area contributed by atoms with E-state index in [1.54, 1.807) is 11.8 Å². The van der Waals surface area contributed by atoms with Crippen LogP contribution in [-0.4, -0.2) is 52.9 Å². The van der Waals surface area contributed by atoms with Crippen molar-refractivity contribution in [3.05, 3.63) is 83.3 Å². The van der Waals surface area contributed by atoms with Gasteiger partial charge in [0.05, 0.1) is 11.6 Å². The van der Waals surface area contributed by atoms with Gasteiger partial charge in [-0.2, -0.15) is 13.2 Å². The van der Waals surface area contributed by atoms with Crippen LogP contribution in [0.1, 0.15) is 29.7 Å². The summed E-state index contributed by atoms with van der Waals surface area (Å²) in [6.07, 6.45) is -4.63. The first kappa shape index (κ1) is 29.3. The summed E-state index contributed by atoms with van der Waals surface area (Å²) in [4.78, 5) is 20.8. The Morgan fingerprint density at radius 3 is 2.33 bits per heavy atom. The van der Waals surface area contributed by atoms with Gasteiger partial charge < -0.3 is 24.0 Å². The lowest BCUT2D eigenvalue weighted by molar-refractivity contribution is -0.141. The van der Waals surface area contributed by atoms with Crippen molar-refractivity contribution in [3.63, 3.8) is 0 Å². The fourth-order valence-electron chi connectivity index (χ4n) is 4.48. The van der Waals surface area contributed by atoms with E-state index in [1.807, 2.05) is 30.3 Å². The molecule has 1 saturated heterocycles. The summed E-state index contributed by atoms with van der Waals surface area (Å²) in [7, 11) is 1.19. The lowest BCUT2D eigenvalue weighted by Gasteiger charge is -2.37. The van der Waals surface area contributed by atoms with E-state index < -0.39 is 40.8 Å². The third-order valence-electron chi connectivity index (χ3n) is 6.83. The monoisotopic (exact) mass is 578 g/mol. The van der Waals surface area contributed by atoms with Crippen LogP contribution in [0.25, 0.3) is 0 Å². The number of carbonyl (C=O) groups is 1. The Balaban J connectivity index is 1.48. The topological polar surface area (TPSA) is 91.8 Å². The second-order valence-electron chi connectivity index (χ2n) is 9.35. The highest BCUT2D eigenvalue weighted by Gasteiger charge is 2.34. The average molecular weight is 579 g/mol. The number of aromatic nitrogens is 1. The smallest absolute Gasteiger partial charge is 0.433 e. The largest absolute Gasteiger partial charge is 0.755 e. The number of piperazine rings is 1. The first-order valence-electron chi connectivity index (χ1n) is 12.5. The van der Waals surface area contributed by atoms with Crippen LogP contribution in [0.4, 0.5) is 34.8 Å². The standard InChI is InChI=1S/C27H29F4N5O3S/c1-18(19-8-10-23(22(28)16-19)34(2)40(38)39)26(37)32-17-20-9-11-24(27(29,30)31)33-25(20)36-14-12-35(13-15-36)21-6-4-3-5-7-21/h3-11,16,18H,12-15,17H2,1-2H3,(H,32,37)(H,38,39)/p-1. The van der Waals surface area contributed by atoms with E-state index in [0.29, 0.717) is 37.3 Å². The number of para-hydroxylation sites is 1. The molecule has 8 nitrogen and oxygen atoms in total. The first-order valence-corrected chi connectivity index (χ1v) is 13.5. The number of hydrogen-bond acceptors (Lipinski definition) is 6. The molecule has 3 aromatic rings. The van der Waals surface area contributed by atoms with Crippen LogP contribution in [0.2, 0.25) is 0 Å². The van der Waals surface area contributed by atoms with Gasteiger partial charge >= 0.3 is 6.18 Å². The van der Waals surface area contributed by atoms with Crippen LogP contribution in [0.15, 0.2) is 60.7 Å². The number of rotatable bonds is 8. The zero-order valence-electron chi connectivity index (χ0n) is 21.8. The summed E-state index contributed by atoms with van der Waals surface area (Å²) in [5, 5.41) is 2.72. The van der Waals surface area contributed by atoms with E-state index in [4.69, 9.17) is 0 Å². The number of carbonyl (C=O) groups excluding carboxylic acids is 1. The molecule has 13 heteroatoms. The van der Waals surface area contributed by atoms with E-state index in [2.05, 4.69) is 15.2 Å². The van der Waals surface area contributed by atoms with Crippen LogP contribution in [0.3, 0.4) is 0 Å². The van der Waals surface area contributed by atoms with E-state index in [0.717, 1.165) is 22.1 Å². The molecule has 0 bridgehead atoms. The number of nitrogens with one attached hydrogen (secondary N) is 1. The van der Waals surface area contributed by atoms with Crippen molar-refractivity contribution in [1.29, 1.82) is 0 Å². The van der Waals surface area contributed by atoms with Gasteiger partial charge in [0, 0.05) is 62.3 Å². The minimum atomic E-state index is -4.63. The molecule has 1 aromatic heterocycles. The Morgan fingerprint density at radius 1 is 1.07 bits per heavy atom. The summed E-state index contributed by atoms with van der Waals surface area (Å²) in [5.74, 6) is -1.95. The molecule has 1 fully saturated rings. The van der Waals surface area contributed by atoms with Crippen LogP contribution in [-0.2, 0) is 28.8 Å². The van der Waals surface area contributed by atoms with Gasteiger partial charge in [0.15, 0.2) is 0 Å². The highest BCUT2D eigenvalue weighted by molar-refractivity contribution is 7.80. The molecule has 2 atom stereocenters. The number of benzene rings is 2. The second kappa shape index (κ2) is 12.2. The molecule has 2 heterocycles. The summed E-state index contributed by atoms with van der Waals surface area (Å²) in [5.41, 5.74) is 0.570. The van der Waals surface area contributed by atoms with Gasteiger partial charge in [-0.15, -0.1) is 0 Å². The van der Waals surface area contributed by atoms with E-state index in [-0.39, 0.29) is 18.1 Å². The molecular formula is C27H28F4N5O3S-. The highest BCUT2D eigenvalue weighted by atomic mass is 32.2. The minimum Gasteiger partial charge on any atom is -0.755 e. The highest BCUT2D eigenvalue weighted by Crippen LogP contribution is 2.32. The number of amides is 1. The van der Waals surface area contributed by atoms with Gasteiger partial charge in [-0.3, -0.25) is 9.00 Å². The SMILES string of the molecule is CC(C(=O)NCc1ccc(C(F)(F)F)nc1N1CCN(c2ccccc2)CC1)c1ccc(N(C)S(=O)[O-])c(F)c1. The Labute approximate surface area is 232 Å². The molecule has 1 amide bonds. The summed E-state index contributed by atoms with van der Waals surface area (Å²) < 4.78 is 77.9. The van der Waals surface area contributed by atoms with Gasteiger partial charge in [-0.25, -0.2) is 9.37 Å². The van der Waals surface area contributed by atoms with Crippen LogP contribution in [0.5, 0.6) is 0 Å². The minimum absolute atomic E-state index is 0.0823. The number of nitrogens with zero attached hydrogens (tertiary/aromatic N) is 4. The van der Waals surface area contributed by atoms with Crippen molar-refractivity contribution in [2.75, 3.05) is 47.3 Å². The number of hydrogen-bond donors (Lipinski definition) is 1. The maximum atomic E-state index is 14.5. The number of pyridine rings is 1. The van der Waals surface area contributed by atoms with E-state index >= 15 is 0 Å². The van der Waals surface area contributed by atoms with Gasteiger partial charge in [-0.05, 0) is 42.8 Å². The third kappa shape index (κ3) is 6.70. The molecule has 2 aromatic carbocycles. The summed E-state index contributed by atoms with van der Waals surface area (Å²) >= 11 is -2.66. The predicted molar refractivity (Wildman–Crippen MR) is 144 cm³/mol. The Bertz CT molecular complexity index is 1370. The first-order chi connectivity index (χ1) is 19.0. The summed E-state index contributed by atoms with van der Waals surface area (Å²) in [6, 6.07) is 15.7. The molecule has 0 saturated carbocycles. The molecule has 4 rings (SSSR count). The van der Waals surface area contributed by atoms with E-state index in [9.17, 15) is 31.1 Å². The second-order valence-corrected chi connectivity index (χ2v) is 10.3. The molecule has 1 aliphatic heterocycles. The van der Waals surface area contributed by atoms with Crippen LogP contribution < -0.4 is 19.4 Å².